The van der Waals surface area contributed by atoms with Crippen molar-refractivity contribution in [1.82, 2.24) is 14.8 Å². The molecule has 1 unspecified atom stereocenters. The third-order valence-corrected chi connectivity index (χ3v) is 5.03. The molecular formula is C17H23N3O2. The Labute approximate surface area is 131 Å². The zero-order chi connectivity index (χ0) is 15.6. The summed E-state index contributed by atoms with van der Waals surface area (Å²) in [7, 11) is 1.87. The summed E-state index contributed by atoms with van der Waals surface area (Å²) in [5.41, 5.74) is 0.824. The molecule has 0 aromatic carbocycles. The molecule has 0 bridgehead atoms. The van der Waals surface area contributed by atoms with E-state index in [0.717, 1.165) is 44.3 Å². The Morgan fingerprint density at radius 1 is 1.27 bits per heavy atom. The first-order valence-corrected chi connectivity index (χ1v) is 8.03. The van der Waals surface area contributed by atoms with Crippen molar-refractivity contribution in [2.24, 2.45) is 5.41 Å². The molecule has 0 N–H and O–H groups in total. The zero-order valence-corrected chi connectivity index (χ0v) is 13.1. The molecule has 3 rings (SSSR count). The predicted molar refractivity (Wildman–Crippen MR) is 83.1 cm³/mol. The monoisotopic (exact) mass is 301 g/mol. The standard InChI is InChI=1S/C17H23N3O2/c1-19-11-2-7-17(16(19)22)8-12-20(13-17)15(21)4-3-14-5-9-18-10-6-14/h5-6,9-10H,2-4,7-8,11-13H2,1H3. The molecule has 2 fully saturated rings. The summed E-state index contributed by atoms with van der Waals surface area (Å²) in [5.74, 6) is 0.387. The van der Waals surface area contributed by atoms with Crippen molar-refractivity contribution in [2.75, 3.05) is 26.7 Å². The number of hydrogen-bond acceptors (Lipinski definition) is 3. The molecule has 0 aliphatic carbocycles. The maximum atomic E-state index is 12.5. The number of pyridine rings is 1. The number of rotatable bonds is 3. The summed E-state index contributed by atoms with van der Waals surface area (Å²) < 4.78 is 0. The van der Waals surface area contributed by atoms with Crippen molar-refractivity contribution in [3.8, 4) is 0 Å². The second kappa shape index (κ2) is 6.07. The lowest BCUT2D eigenvalue weighted by Crippen LogP contribution is -2.48. The van der Waals surface area contributed by atoms with E-state index < -0.39 is 0 Å². The van der Waals surface area contributed by atoms with Gasteiger partial charge in [-0.25, -0.2) is 0 Å². The molecule has 0 saturated carbocycles. The summed E-state index contributed by atoms with van der Waals surface area (Å²) in [4.78, 5) is 32.6. The number of carbonyl (C=O) groups is 2. The van der Waals surface area contributed by atoms with Gasteiger partial charge in [-0.2, -0.15) is 0 Å². The molecule has 2 aliphatic heterocycles. The van der Waals surface area contributed by atoms with Crippen LogP contribution in [0.5, 0.6) is 0 Å². The summed E-state index contributed by atoms with van der Waals surface area (Å²) >= 11 is 0. The normalized spacial score (nSPS) is 25.0. The van der Waals surface area contributed by atoms with E-state index in [0.29, 0.717) is 13.0 Å². The minimum absolute atomic E-state index is 0.162. The highest BCUT2D eigenvalue weighted by atomic mass is 16.2. The molecule has 3 heterocycles. The molecule has 2 aliphatic rings. The molecule has 2 amide bonds. The maximum Gasteiger partial charge on any atom is 0.230 e. The van der Waals surface area contributed by atoms with E-state index >= 15 is 0 Å². The highest BCUT2D eigenvalue weighted by molar-refractivity contribution is 5.86. The quantitative estimate of drug-likeness (QED) is 0.850. The van der Waals surface area contributed by atoms with Crippen molar-refractivity contribution in [2.45, 2.75) is 32.1 Å². The fraction of sp³-hybridized carbons (Fsp3) is 0.588. The van der Waals surface area contributed by atoms with Crippen LogP contribution < -0.4 is 0 Å². The van der Waals surface area contributed by atoms with Gasteiger partial charge in [-0.3, -0.25) is 14.6 Å². The SMILES string of the molecule is CN1CCCC2(CCN(C(=O)CCc3ccncc3)C2)C1=O. The highest BCUT2D eigenvalue weighted by Crippen LogP contribution is 2.39. The summed E-state index contributed by atoms with van der Waals surface area (Å²) in [6.45, 7) is 2.16. The van der Waals surface area contributed by atoms with Crippen molar-refractivity contribution in [3.63, 3.8) is 0 Å². The Kier molecular flexibility index (Phi) is 4.14. The summed E-state index contributed by atoms with van der Waals surface area (Å²) in [6.07, 6.45) is 7.52. The molecule has 22 heavy (non-hydrogen) atoms. The van der Waals surface area contributed by atoms with Crippen molar-refractivity contribution < 1.29 is 9.59 Å². The maximum absolute atomic E-state index is 12.5. The van der Waals surface area contributed by atoms with Crippen LogP contribution in [0.25, 0.3) is 0 Å². The molecule has 118 valence electrons. The van der Waals surface area contributed by atoms with Crippen molar-refractivity contribution >= 4 is 11.8 Å². The largest absolute Gasteiger partial charge is 0.345 e. The van der Waals surface area contributed by atoms with E-state index in [2.05, 4.69) is 4.98 Å². The van der Waals surface area contributed by atoms with Crippen LogP contribution in [0.1, 0.15) is 31.2 Å². The molecule has 1 atom stereocenters. The van der Waals surface area contributed by atoms with E-state index in [4.69, 9.17) is 0 Å². The minimum Gasteiger partial charge on any atom is -0.345 e. The Balaban J connectivity index is 1.58. The van der Waals surface area contributed by atoms with Gasteiger partial charge >= 0.3 is 0 Å². The van der Waals surface area contributed by atoms with Gasteiger partial charge in [-0.1, -0.05) is 0 Å². The number of likely N-dealkylation sites (tertiary alicyclic amines) is 2. The zero-order valence-electron chi connectivity index (χ0n) is 13.1. The fourth-order valence-electron chi connectivity index (χ4n) is 3.69. The molecule has 5 nitrogen and oxygen atoms in total. The van der Waals surface area contributed by atoms with E-state index in [9.17, 15) is 9.59 Å². The average Bonchev–Trinajstić information content (AvgIpc) is 2.97. The van der Waals surface area contributed by atoms with Gasteiger partial charge in [0.25, 0.3) is 0 Å². The lowest BCUT2D eigenvalue weighted by atomic mass is 9.78. The lowest BCUT2D eigenvalue weighted by molar-refractivity contribution is -0.144. The van der Waals surface area contributed by atoms with Gasteiger partial charge in [0, 0.05) is 45.5 Å². The summed E-state index contributed by atoms with van der Waals surface area (Å²) in [6, 6.07) is 3.89. The topological polar surface area (TPSA) is 53.5 Å². The highest BCUT2D eigenvalue weighted by Gasteiger charge is 2.48. The van der Waals surface area contributed by atoms with Crippen LogP contribution in [0, 0.1) is 5.41 Å². The second-order valence-electron chi connectivity index (χ2n) is 6.53. The smallest absolute Gasteiger partial charge is 0.230 e. The van der Waals surface area contributed by atoms with E-state index in [-0.39, 0.29) is 17.2 Å². The first-order chi connectivity index (χ1) is 10.6. The van der Waals surface area contributed by atoms with Crippen LogP contribution in [0.15, 0.2) is 24.5 Å². The van der Waals surface area contributed by atoms with E-state index in [1.165, 1.54) is 0 Å². The Bertz CT molecular complexity index is 560. The molecule has 1 spiro atoms. The van der Waals surface area contributed by atoms with Gasteiger partial charge in [-0.15, -0.1) is 0 Å². The number of piperidine rings is 1. The first kappa shape index (κ1) is 15.0. The van der Waals surface area contributed by atoms with Crippen LogP contribution in [-0.2, 0) is 16.0 Å². The van der Waals surface area contributed by atoms with Gasteiger partial charge in [0.05, 0.1) is 5.41 Å². The van der Waals surface area contributed by atoms with Gasteiger partial charge in [0.1, 0.15) is 0 Å². The fourth-order valence-corrected chi connectivity index (χ4v) is 3.69. The van der Waals surface area contributed by atoms with Gasteiger partial charge in [-0.05, 0) is 43.4 Å². The molecular weight excluding hydrogens is 278 g/mol. The first-order valence-electron chi connectivity index (χ1n) is 8.03. The molecule has 0 radical (unpaired) electrons. The van der Waals surface area contributed by atoms with Crippen LogP contribution in [0.2, 0.25) is 0 Å². The third kappa shape index (κ3) is 2.85. The molecule has 1 aromatic heterocycles. The van der Waals surface area contributed by atoms with Gasteiger partial charge in [0.2, 0.25) is 11.8 Å². The minimum atomic E-state index is -0.306. The second-order valence-corrected chi connectivity index (χ2v) is 6.53. The third-order valence-electron chi connectivity index (χ3n) is 5.03. The van der Waals surface area contributed by atoms with Crippen LogP contribution in [-0.4, -0.2) is 53.3 Å². The van der Waals surface area contributed by atoms with E-state index in [1.54, 1.807) is 12.4 Å². The number of nitrogens with zero attached hydrogens (tertiary/aromatic N) is 3. The Morgan fingerprint density at radius 3 is 2.82 bits per heavy atom. The van der Waals surface area contributed by atoms with Crippen molar-refractivity contribution in [3.05, 3.63) is 30.1 Å². The number of carbonyl (C=O) groups excluding carboxylic acids is 2. The van der Waals surface area contributed by atoms with Crippen LogP contribution in [0.4, 0.5) is 0 Å². The van der Waals surface area contributed by atoms with Crippen LogP contribution in [0.3, 0.4) is 0 Å². The average molecular weight is 301 g/mol. The van der Waals surface area contributed by atoms with Crippen LogP contribution >= 0.6 is 0 Å². The number of amides is 2. The van der Waals surface area contributed by atoms with Gasteiger partial charge in [0.15, 0.2) is 0 Å². The Hall–Kier alpha value is -1.91. The molecule has 5 heteroatoms. The molecule has 1 aromatic rings. The Morgan fingerprint density at radius 2 is 2.05 bits per heavy atom. The number of aromatic nitrogens is 1. The predicted octanol–water partition coefficient (Wildman–Crippen LogP) is 1.49. The van der Waals surface area contributed by atoms with Crippen molar-refractivity contribution in [1.29, 1.82) is 0 Å². The molecule has 2 saturated heterocycles. The lowest BCUT2D eigenvalue weighted by Gasteiger charge is -2.37. The number of hydrogen-bond donors (Lipinski definition) is 0. The van der Waals surface area contributed by atoms with Gasteiger partial charge < -0.3 is 9.80 Å². The number of aryl methyl sites for hydroxylation is 1. The van der Waals surface area contributed by atoms with E-state index in [1.807, 2.05) is 29.0 Å². The summed E-state index contributed by atoms with van der Waals surface area (Å²) in [5, 5.41) is 0.